The predicted octanol–water partition coefficient (Wildman–Crippen LogP) is 9.41. The Labute approximate surface area is 202 Å². The molecule has 2 aromatic carbocycles. The van der Waals surface area contributed by atoms with Crippen molar-refractivity contribution in [3.05, 3.63) is 107 Å². The second kappa shape index (κ2) is 9.38. The first-order valence-electron chi connectivity index (χ1n) is 11.8. The van der Waals surface area contributed by atoms with Crippen LogP contribution in [0.2, 0.25) is 20.3 Å². The van der Waals surface area contributed by atoms with Gasteiger partial charge in [-0.15, -0.1) is 0 Å². The number of hydrogen-bond acceptors (Lipinski definition) is 0. The Hall–Kier alpha value is -0.920. The van der Waals surface area contributed by atoms with Crippen LogP contribution in [0.15, 0.2) is 96.1 Å². The Morgan fingerprint density at radius 2 is 1.06 bits per heavy atom. The summed E-state index contributed by atoms with van der Waals surface area (Å²) in [7, 11) is 16.1. The van der Waals surface area contributed by atoms with Gasteiger partial charge in [0.05, 0.1) is 0 Å². The van der Waals surface area contributed by atoms with Crippen molar-refractivity contribution in [3.63, 3.8) is 0 Å². The van der Waals surface area contributed by atoms with Gasteiger partial charge in [0, 0.05) is 0 Å². The van der Waals surface area contributed by atoms with Crippen molar-refractivity contribution >= 4 is 34.1 Å². The molecular weight excluding hydrogens is 527 g/mol. The van der Waals surface area contributed by atoms with Crippen LogP contribution in [0.25, 0.3) is 11.1 Å². The molecule has 0 saturated heterocycles. The molecule has 0 N–H and O–H groups in total. The molecular formula is C28H33Cl2SiZr. The van der Waals surface area contributed by atoms with E-state index in [-0.39, 0.29) is 7.25 Å². The number of rotatable bonds is 7. The maximum atomic E-state index is 8.06. The summed E-state index contributed by atoms with van der Waals surface area (Å²) in [5, 5.41) is 0. The standard InChI is InChI=1S/2C13H13.C2H7Si.2ClH.Zr/c2*1-2-11-8-9-13(10-11)12-6-4-3-5-7-12;1-3-2;;;/h2*3-10H,2H2,1H3;3H,1-2H3;2*1H;/q;;;;;+2/p-2. The van der Waals surface area contributed by atoms with E-state index in [9.17, 15) is 0 Å². The van der Waals surface area contributed by atoms with Crippen LogP contribution in [-0.4, -0.2) is 5.92 Å². The van der Waals surface area contributed by atoms with Gasteiger partial charge in [-0.25, -0.2) is 0 Å². The third-order valence-corrected chi connectivity index (χ3v) is 59.8. The topological polar surface area (TPSA) is 0 Å². The van der Waals surface area contributed by atoms with E-state index in [1.165, 1.54) is 33.4 Å². The van der Waals surface area contributed by atoms with Crippen molar-refractivity contribution in [1.82, 2.24) is 0 Å². The van der Waals surface area contributed by atoms with Gasteiger partial charge in [-0.05, 0) is 0 Å². The van der Waals surface area contributed by atoms with Crippen LogP contribution in [0.1, 0.15) is 37.8 Å². The van der Waals surface area contributed by atoms with E-state index in [4.69, 9.17) is 17.0 Å². The fourth-order valence-electron chi connectivity index (χ4n) is 5.45. The third-order valence-electron chi connectivity index (χ3n) is 7.50. The molecule has 0 bridgehead atoms. The van der Waals surface area contributed by atoms with Crippen LogP contribution in [0.5, 0.6) is 0 Å². The fourth-order valence-corrected chi connectivity index (χ4v) is 34.3. The Morgan fingerprint density at radius 3 is 1.38 bits per heavy atom. The summed E-state index contributed by atoms with van der Waals surface area (Å²) in [5.41, 5.74) is 7.95. The molecule has 0 nitrogen and oxygen atoms in total. The molecule has 0 aliphatic heterocycles. The van der Waals surface area contributed by atoms with Crippen LogP contribution in [0.4, 0.5) is 0 Å². The number of benzene rings is 2. The van der Waals surface area contributed by atoms with Crippen molar-refractivity contribution in [2.24, 2.45) is 0 Å². The molecule has 2 aliphatic carbocycles. The van der Waals surface area contributed by atoms with Crippen LogP contribution >= 0.6 is 17.0 Å². The molecule has 0 fully saturated rings. The monoisotopic (exact) mass is 557 g/mol. The van der Waals surface area contributed by atoms with E-state index >= 15 is 0 Å². The average molecular weight is 560 g/mol. The maximum absolute atomic E-state index is 8.06. The summed E-state index contributed by atoms with van der Waals surface area (Å²) < 4.78 is 0.413. The molecule has 0 amide bonds. The molecule has 0 heterocycles. The summed E-state index contributed by atoms with van der Waals surface area (Å²) in [5.74, 6) is -1.40. The first-order chi connectivity index (χ1) is 15.3. The molecule has 4 heteroatoms. The predicted molar refractivity (Wildman–Crippen MR) is 144 cm³/mol. The van der Waals surface area contributed by atoms with Crippen LogP contribution in [0.3, 0.4) is 0 Å². The molecule has 0 aromatic heterocycles. The van der Waals surface area contributed by atoms with Crippen LogP contribution < -0.4 is 0 Å². The third kappa shape index (κ3) is 4.07. The van der Waals surface area contributed by atoms with Gasteiger partial charge in [-0.1, -0.05) is 0 Å². The molecule has 2 atom stereocenters. The molecule has 2 aromatic rings. The van der Waals surface area contributed by atoms with Gasteiger partial charge < -0.3 is 0 Å². The van der Waals surface area contributed by atoms with Crippen LogP contribution in [-0.2, 0) is 15.6 Å². The van der Waals surface area contributed by atoms with Gasteiger partial charge in [0.25, 0.3) is 0 Å². The molecule has 2 unspecified atom stereocenters. The second-order valence-corrected chi connectivity index (χ2v) is 52.2. The second-order valence-electron chi connectivity index (χ2n) is 9.46. The summed E-state index contributed by atoms with van der Waals surface area (Å²) in [6.07, 6.45) is 11.6. The number of allylic oxidation sites excluding steroid dienone is 8. The molecule has 0 saturated carbocycles. The molecule has 32 heavy (non-hydrogen) atoms. The van der Waals surface area contributed by atoms with Gasteiger partial charge in [0.2, 0.25) is 0 Å². The zero-order valence-corrected chi connectivity index (χ0v) is 24.6. The van der Waals surface area contributed by atoms with E-state index < -0.39 is 21.5 Å². The normalized spacial score (nSPS) is 22.2. The zero-order chi connectivity index (χ0) is 23.0. The van der Waals surface area contributed by atoms with Gasteiger partial charge in [0.1, 0.15) is 0 Å². The van der Waals surface area contributed by atoms with E-state index in [1.54, 1.807) is 0 Å². The average Bonchev–Trinajstić information content (AvgIpc) is 3.46. The first-order valence-corrected chi connectivity index (χ1v) is 28.1. The molecule has 0 radical (unpaired) electrons. The van der Waals surface area contributed by atoms with Crippen molar-refractivity contribution in [2.45, 2.75) is 47.0 Å². The zero-order valence-electron chi connectivity index (χ0n) is 19.5. The van der Waals surface area contributed by atoms with Gasteiger partial charge in [-0.3, -0.25) is 0 Å². The van der Waals surface area contributed by atoms with Crippen molar-refractivity contribution < 1.29 is 15.6 Å². The molecule has 2 aliphatic rings. The Kier molecular flexibility index (Phi) is 7.10. The Balaban J connectivity index is 1.85. The summed E-state index contributed by atoms with van der Waals surface area (Å²) in [6.45, 7) is 9.30. The van der Waals surface area contributed by atoms with E-state index in [0.29, 0.717) is 0 Å². The SMILES string of the molecule is CCC1=CC(c2ccccc2)=C[CH]1[Zr]([Cl])([Cl])([CH]1C=C(c2ccccc2)C=C1CC)[SiH](C)C. The first kappa shape index (κ1) is 24.2. The summed E-state index contributed by atoms with van der Waals surface area (Å²) in [4.78, 5) is 0. The van der Waals surface area contributed by atoms with Gasteiger partial charge >= 0.3 is 204 Å². The van der Waals surface area contributed by atoms with Gasteiger partial charge in [0.15, 0.2) is 0 Å². The summed E-state index contributed by atoms with van der Waals surface area (Å²) in [6, 6.07) is 21.3. The fraction of sp³-hybridized carbons (Fsp3) is 0.286. The molecule has 0 spiro atoms. The van der Waals surface area contributed by atoms with Crippen LogP contribution in [0, 0.1) is 0 Å². The Morgan fingerprint density at radius 1 is 0.688 bits per heavy atom. The molecule has 167 valence electrons. The van der Waals surface area contributed by atoms with Crippen molar-refractivity contribution in [3.8, 4) is 0 Å². The number of hydrogen-bond donors (Lipinski definition) is 0. The van der Waals surface area contributed by atoms with Crippen molar-refractivity contribution in [1.29, 1.82) is 0 Å². The minimum absolute atomic E-state index is 0.206. The van der Waals surface area contributed by atoms with Crippen molar-refractivity contribution in [2.75, 3.05) is 0 Å². The number of halogens is 2. The van der Waals surface area contributed by atoms with E-state index in [0.717, 1.165) is 12.8 Å². The van der Waals surface area contributed by atoms with E-state index in [1.807, 2.05) is 0 Å². The minimum atomic E-state index is -4.36. The van der Waals surface area contributed by atoms with Gasteiger partial charge in [-0.2, -0.15) is 0 Å². The quantitative estimate of drug-likeness (QED) is 0.297. The Bertz CT molecular complexity index is 1030. The molecule has 4 rings (SSSR count). The van der Waals surface area contributed by atoms with E-state index in [2.05, 4.69) is 112 Å². The summed E-state index contributed by atoms with van der Waals surface area (Å²) >= 11 is -4.36.